The van der Waals surface area contributed by atoms with Gasteiger partial charge in [-0.3, -0.25) is 4.79 Å². The quantitative estimate of drug-likeness (QED) is 0.382. The van der Waals surface area contributed by atoms with Gasteiger partial charge in [0, 0.05) is 10.3 Å². The van der Waals surface area contributed by atoms with Gasteiger partial charge in [0.2, 0.25) is 0 Å². The van der Waals surface area contributed by atoms with Crippen molar-refractivity contribution >= 4 is 34.9 Å². The molecule has 0 bridgehead atoms. The molecule has 4 aromatic rings. The summed E-state index contributed by atoms with van der Waals surface area (Å²) in [5, 5.41) is 5.56. The second kappa shape index (κ2) is 7.55. The number of hydrogen-bond acceptors (Lipinski definition) is 5. The number of hydrogen-bond donors (Lipinski definition) is 1. The topological polar surface area (TPSA) is 67.7 Å². The van der Waals surface area contributed by atoms with Gasteiger partial charge >= 0.3 is 5.91 Å². The zero-order valence-electron chi connectivity index (χ0n) is 14.5. The van der Waals surface area contributed by atoms with Gasteiger partial charge in [-0.15, -0.1) is 0 Å². The minimum atomic E-state index is -0.414. The molecule has 0 aliphatic rings. The number of carbonyl (C=O) groups excluding carboxylic acids is 1. The molecule has 27 heavy (non-hydrogen) atoms. The molecule has 0 saturated carbocycles. The number of carbonyl (C=O) groups is 1. The molecule has 0 aliphatic heterocycles. The molecule has 0 unspecified atom stereocenters. The Morgan fingerprint density at radius 1 is 1.04 bits per heavy atom. The highest BCUT2D eigenvalue weighted by atomic mass is 32.2. The van der Waals surface area contributed by atoms with Gasteiger partial charge < -0.3 is 8.83 Å². The molecule has 6 heteroatoms. The maximum Gasteiger partial charge on any atom is 0.307 e. The molecule has 0 fully saturated rings. The number of rotatable bonds is 5. The van der Waals surface area contributed by atoms with Crippen molar-refractivity contribution in [3.05, 3.63) is 83.8 Å². The van der Waals surface area contributed by atoms with Crippen molar-refractivity contribution in [3.8, 4) is 0 Å². The molecule has 0 radical (unpaired) electrons. The minimum absolute atomic E-state index is 0.211. The average molecular weight is 376 g/mol. The molecule has 4 rings (SSSR count). The number of nitrogens with one attached hydrogen (secondary N) is 1. The Bertz CT molecular complexity index is 1080. The zero-order chi connectivity index (χ0) is 18.6. The van der Waals surface area contributed by atoms with Crippen LogP contribution in [0, 0.1) is 6.92 Å². The SMILES string of the molecule is Cc1ccc(Sc2ccc(/C=N\NC(=O)c3cc4ccccc4o3)o2)cc1. The average Bonchev–Trinajstić information content (AvgIpc) is 3.30. The molecule has 0 saturated heterocycles. The summed E-state index contributed by atoms with van der Waals surface area (Å²) < 4.78 is 11.2. The Kier molecular flexibility index (Phi) is 4.80. The first kappa shape index (κ1) is 17.2. The van der Waals surface area contributed by atoms with E-state index in [1.54, 1.807) is 12.1 Å². The van der Waals surface area contributed by atoms with E-state index in [-0.39, 0.29) is 5.76 Å². The Balaban J connectivity index is 1.37. The van der Waals surface area contributed by atoms with Crippen LogP contribution >= 0.6 is 11.8 Å². The van der Waals surface area contributed by atoms with Crippen molar-refractivity contribution in [1.29, 1.82) is 0 Å². The van der Waals surface area contributed by atoms with E-state index in [1.165, 1.54) is 23.5 Å². The normalized spacial score (nSPS) is 11.3. The number of para-hydroxylation sites is 1. The van der Waals surface area contributed by atoms with E-state index in [9.17, 15) is 4.79 Å². The van der Waals surface area contributed by atoms with E-state index in [2.05, 4.69) is 29.6 Å². The lowest BCUT2D eigenvalue weighted by Gasteiger charge is -1.98. The number of nitrogens with zero attached hydrogens (tertiary/aromatic N) is 1. The van der Waals surface area contributed by atoms with Crippen LogP contribution < -0.4 is 5.43 Å². The molecule has 134 valence electrons. The summed E-state index contributed by atoms with van der Waals surface area (Å²) in [5.74, 6) is 0.348. The number of amides is 1. The predicted molar refractivity (Wildman–Crippen MR) is 105 cm³/mol. The number of furan rings is 2. The highest BCUT2D eigenvalue weighted by Gasteiger charge is 2.11. The summed E-state index contributed by atoms with van der Waals surface area (Å²) in [6, 6.07) is 21.0. The van der Waals surface area contributed by atoms with E-state index >= 15 is 0 Å². The number of aryl methyl sites for hydroxylation is 1. The summed E-state index contributed by atoms with van der Waals surface area (Å²) >= 11 is 1.53. The molecule has 2 aromatic heterocycles. The number of benzene rings is 2. The van der Waals surface area contributed by atoms with E-state index in [0.29, 0.717) is 11.3 Å². The second-order valence-corrected chi connectivity index (χ2v) is 7.00. The summed E-state index contributed by atoms with van der Waals surface area (Å²) in [4.78, 5) is 13.2. The number of fused-ring (bicyclic) bond motifs is 1. The highest BCUT2D eigenvalue weighted by Crippen LogP contribution is 2.29. The van der Waals surface area contributed by atoms with E-state index < -0.39 is 5.91 Å². The van der Waals surface area contributed by atoms with Crippen molar-refractivity contribution in [2.75, 3.05) is 0 Å². The molecule has 0 atom stereocenters. The molecule has 1 amide bonds. The van der Waals surface area contributed by atoms with Gasteiger partial charge in [0.05, 0.1) is 6.21 Å². The smallest absolute Gasteiger partial charge is 0.307 e. The monoisotopic (exact) mass is 376 g/mol. The van der Waals surface area contributed by atoms with E-state index in [0.717, 1.165) is 15.4 Å². The van der Waals surface area contributed by atoms with Crippen LogP contribution in [-0.4, -0.2) is 12.1 Å². The second-order valence-electron chi connectivity index (χ2n) is 5.92. The van der Waals surface area contributed by atoms with Gasteiger partial charge in [0.1, 0.15) is 11.3 Å². The Morgan fingerprint density at radius 3 is 2.67 bits per heavy atom. The Hall–Kier alpha value is -3.25. The fourth-order valence-electron chi connectivity index (χ4n) is 2.48. The third-order valence-electron chi connectivity index (χ3n) is 3.85. The Morgan fingerprint density at radius 2 is 1.85 bits per heavy atom. The summed E-state index contributed by atoms with van der Waals surface area (Å²) in [6.07, 6.45) is 1.46. The third-order valence-corrected chi connectivity index (χ3v) is 4.78. The third kappa shape index (κ3) is 4.12. The Labute approximate surface area is 160 Å². The van der Waals surface area contributed by atoms with Gasteiger partial charge in [-0.1, -0.05) is 47.7 Å². The van der Waals surface area contributed by atoms with Crippen LogP contribution in [0.3, 0.4) is 0 Å². The van der Waals surface area contributed by atoms with Gasteiger partial charge in [-0.25, -0.2) is 5.43 Å². The first-order valence-electron chi connectivity index (χ1n) is 8.34. The van der Waals surface area contributed by atoms with Crippen LogP contribution in [0.5, 0.6) is 0 Å². The lowest BCUT2D eigenvalue weighted by molar-refractivity contribution is 0.0929. The van der Waals surface area contributed by atoms with Gasteiger partial charge in [-0.05, 0) is 43.3 Å². The van der Waals surface area contributed by atoms with Gasteiger partial charge in [-0.2, -0.15) is 5.10 Å². The summed E-state index contributed by atoms with van der Waals surface area (Å²) in [5.41, 5.74) is 4.32. The van der Waals surface area contributed by atoms with Gasteiger partial charge in [0.15, 0.2) is 10.9 Å². The molecular formula is C21H16N2O3S. The van der Waals surface area contributed by atoms with Crippen molar-refractivity contribution in [2.24, 2.45) is 5.10 Å². The maximum absolute atomic E-state index is 12.1. The fraction of sp³-hybridized carbons (Fsp3) is 0.0476. The van der Waals surface area contributed by atoms with Crippen LogP contribution in [0.2, 0.25) is 0 Å². The molecule has 1 N–H and O–H groups in total. The predicted octanol–water partition coefficient (Wildman–Crippen LogP) is 5.25. The molecular weight excluding hydrogens is 360 g/mol. The van der Waals surface area contributed by atoms with E-state index in [1.807, 2.05) is 42.5 Å². The van der Waals surface area contributed by atoms with Crippen LogP contribution in [0.1, 0.15) is 21.9 Å². The summed E-state index contributed by atoms with van der Waals surface area (Å²) in [7, 11) is 0. The van der Waals surface area contributed by atoms with Crippen LogP contribution in [0.15, 0.2) is 90.7 Å². The van der Waals surface area contributed by atoms with Crippen molar-refractivity contribution in [1.82, 2.24) is 5.43 Å². The fourth-order valence-corrected chi connectivity index (χ4v) is 3.26. The molecule has 2 aromatic carbocycles. The molecule has 2 heterocycles. The number of hydrazone groups is 1. The molecule has 5 nitrogen and oxygen atoms in total. The summed E-state index contributed by atoms with van der Waals surface area (Å²) in [6.45, 7) is 2.05. The maximum atomic E-state index is 12.1. The van der Waals surface area contributed by atoms with Crippen LogP contribution in [0.25, 0.3) is 11.0 Å². The van der Waals surface area contributed by atoms with Crippen molar-refractivity contribution in [2.45, 2.75) is 16.9 Å². The minimum Gasteiger partial charge on any atom is -0.451 e. The highest BCUT2D eigenvalue weighted by molar-refractivity contribution is 7.99. The largest absolute Gasteiger partial charge is 0.451 e. The van der Waals surface area contributed by atoms with Crippen molar-refractivity contribution < 1.29 is 13.6 Å². The lowest BCUT2D eigenvalue weighted by atomic mass is 10.2. The van der Waals surface area contributed by atoms with Crippen molar-refractivity contribution in [3.63, 3.8) is 0 Å². The first-order valence-corrected chi connectivity index (χ1v) is 9.15. The molecule has 0 spiro atoms. The lowest BCUT2D eigenvalue weighted by Crippen LogP contribution is -2.16. The van der Waals surface area contributed by atoms with Crippen LogP contribution in [-0.2, 0) is 0 Å². The van der Waals surface area contributed by atoms with Crippen LogP contribution in [0.4, 0.5) is 0 Å². The molecule has 0 aliphatic carbocycles. The zero-order valence-corrected chi connectivity index (χ0v) is 15.3. The first-order chi connectivity index (χ1) is 13.2. The standard InChI is InChI=1S/C21H16N2O3S/c1-14-6-9-17(10-7-14)27-20-11-8-16(25-20)13-22-23-21(24)19-12-15-4-2-3-5-18(15)26-19/h2-13H,1H3,(H,23,24)/b22-13-. The van der Waals surface area contributed by atoms with Gasteiger partial charge in [0.25, 0.3) is 0 Å². The van der Waals surface area contributed by atoms with E-state index in [4.69, 9.17) is 8.83 Å².